The summed E-state index contributed by atoms with van der Waals surface area (Å²) in [5.74, 6) is 0.162. The van der Waals surface area contributed by atoms with Gasteiger partial charge in [0.25, 0.3) is 0 Å². The van der Waals surface area contributed by atoms with Crippen LogP contribution in [0, 0.1) is 0 Å². The molecule has 102 valence electrons. The number of piperazine rings is 1. The maximum atomic E-state index is 12.6. The lowest BCUT2D eigenvalue weighted by atomic mass is 9.97. The van der Waals surface area contributed by atoms with Gasteiger partial charge in [0.1, 0.15) is 17.6 Å². The zero-order valence-corrected chi connectivity index (χ0v) is 11.7. The number of amides is 2. The number of aromatic nitrogens is 1. The Hall–Kier alpha value is -1.43. The average molecular weight is 279 g/mol. The van der Waals surface area contributed by atoms with Crippen LogP contribution in [0.25, 0.3) is 0 Å². The zero-order valence-electron chi connectivity index (χ0n) is 10.9. The summed E-state index contributed by atoms with van der Waals surface area (Å²) in [5.41, 5.74) is 0. The van der Waals surface area contributed by atoms with Crippen LogP contribution in [0.4, 0.5) is 0 Å². The van der Waals surface area contributed by atoms with E-state index in [4.69, 9.17) is 0 Å². The lowest BCUT2D eigenvalue weighted by Crippen LogP contribution is -2.61. The van der Waals surface area contributed by atoms with Gasteiger partial charge in [0.15, 0.2) is 0 Å². The summed E-state index contributed by atoms with van der Waals surface area (Å²) in [6.45, 7) is 2.87. The van der Waals surface area contributed by atoms with E-state index in [1.54, 1.807) is 16.0 Å². The molecule has 0 radical (unpaired) electrons. The van der Waals surface area contributed by atoms with Crippen molar-refractivity contribution >= 4 is 23.2 Å². The Kier molecular flexibility index (Phi) is 3.26. The molecule has 3 rings (SSSR count). The molecule has 1 aromatic rings. The Balaban J connectivity index is 1.83. The van der Waals surface area contributed by atoms with Crippen LogP contribution in [0.3, 0.4) is 0 Å². The SMILES string of the molecule is CC(c1nccs1)N1CC(=O)N2CCCCC2C1=O. The van der Waals surface area contributed by atoms with E-state index >= 15 is 0 Å². The van der Waals surface area contributed by atoms with Gasteiger partial charge in [0.2, 0.25) is 11.8 Å². The molecule has 2 fully saturated rings. The van der Waals surface area contributed by atoms with Crippen molar-refractivity contribution in [2.75, 3.05) is 13.1 Å². The van der Waals surface area contributed by atoms with E-state index in [-0.39, 0.29) is 30.4 Å². The van der Waals surface area contributed by atoms with Gasteiger partial charge in [-0.1, -0.05) is 0 Å². The largest absolute Gasteiger partial charge is 0.329 e. The molecule has 0 aromatic carbocycles. The number of hydrogen-bond acceptors (Lipinski definition) is 4. The Morgan fingerprint density at radius 3 is 3.00 bits per heavy atom. The summed E-state index contributed by atoms with van der Waals surface area (Å²) in [7, 11) is 0. The van der Waals surface area contributed by atoms with E-state index in [1.165, 1.54) is 11.3 Å². The Morgan fingerprint density at radius 1 is 1.42 bits per heavy atom. The molecular weight excluding hydrogens is 262 g/mol. The zero-order chi connectivity index (χ0) is 13.4. The molecule has 6 heteroatoms. The van der Waals surface area contributed by atoms with Crippen LogP contribution < -0.4 is 0 Å². The summed E-state index contributed by atoms with van der Waals surface area (Å²) in [6.07, 6.45) is 4.57. The van der Waals surface area contributed by atoms with Crippen LogP contribution in [0.1, 0.15) is 37.2 Å². The summed E-state index contributed by atoms with van der Waals surface area (Å²) in [6, 6.07) is -0.349. The Labute approximate surface area is 116 Å². The molecule has 0 N–H and O–H groups in total. The topological polar surface area (TPSA) is 53.5 Å². The first-order valence-corrected chi connectivity index (χ1v) is 7.56. The highest BCUT2D eigenvalue weighted by Crippen LogP contribution is 2.29. The molecule has 2 aliphatic heterocycles. The van der Waals surface area contributed by atoms with Crippen LogP contribution in [0.2, 0.25) is 0 Å². The highest BCUT2D eigenvalue weighted by molar-refractivity contribution is 7.09. The van der Waals surface area contributed by atoms with Crippen LogP contribution in [-0.2, 0) is 9.59 Å². The number of carbonyl (C=O) groups is 2. The fourth-order valence-corrected chi connectivity index (χ4v) is 3.60. The highest BCUT2D eigenvalue weighted by Gasteiger charge is 2.42. The molecule has 0 bridgehead atoms. The summed E-state index contributed by atoms with van der Waals surface area (Å²) in [5, 5.41) is 2.79. The van der Waals surface area contributed by atoms with Crippen molar-refractivity contribution in [2.24, 2.45) is 0 Å². The van der Waals surface area contributed by atoms with Gasteiger partial charge >= 0.3 is 0 Å². The van der Waals surface area contributed by atoms with Crippen molar-refractivity contribution in [1.82, 2.24) is 14.8 Å². The van der Waals surface area contributed by atoms with Crippen LogP contribution >= 0.6 is 11.3 Å². The third-order valence-electron chi connectivity index (χ3n) is 3.97. The van der Waals surface area contributed by atoms with Crippen LogP contribution in [-0.4, -0.2) is 45.7 Å². The number of piperidine rings is 1. The fourth-order valence-electron chi connectivity index (χ4n) is 2.89. The molecular formula is C13H17N3O2S. The number of carbonyl (C=O) groups excluding carboxylic acids is 2. The van der Waals surface area contributed by atoms with Crippen molar-refractivity contribution in [1.29, 1.82) is 0 Å². The molecule has 2 atom stereocenters. The average Bonchev–Trinajstić information content (AvgIpc) is 2.96. The second-order valence-corrected chi connectivity index (χ2v) is 6.04. The number of hydrogen-bond donors (Lipinski definition) is 0. The van der Waals surface area contributed by atoms with Crippen molar-refractivity contribution in [3.63, 3.8) is 0 Å². The molecule has 19 heavy (non-hydrogen) atoms. The second-order valence-electron chi connectivity index (χ2n) is 5.11. The molecule has 2 amide bonds. The number of fused-ring (bicyclic) bond motifs is 1. The van der Waals surface area contributed by atoms with Gasteiger partial charge in [0.05, 0.1) is 6.04 Å². The maximum absolute atomic E-state index is 12.6. The standard InChI is InChI=1S/C13H17N3O2S/c1-9(12-14-5-7-19-12)16-8-11(17)15-6-3-2-4-10(15)13(16)18/h5,7,9-10H,2-4,6,8H2,1H3. The monoisotopic (exact) mass is 279 g/mol. The molecule has 1 aromatic heterocycles. The summed E-state index contributed by atoms with van der Waals surface area (Å²) >= 11 is 1.53. The first kappa shape index (κ1) is 12.6. The van der Waals surface area contributed by atoms with E-state index in [9.17, 15) is 9.59 Å². The minimum atomic E-state index is -0.239. The first-order valence-electron chi connectivity index (χ1n) is 6.68. The lowest BCUT2D eigenvalue weighted by Gasteiger charge is -2.44. The molecule has 0 saturated carbocycles. The predicted octanol–water partition coefficient (Wildman–Crippen LogP) is 1.43. The molecule has 3 heterocycles. The van der Waals surface area contributed by atoms with Gasteiger partial charge in [0, 0.05) is 18.1 Å². The van der Waals surface area contributed by atoms with E-state index in [0.717, 1.165) is 30.8 Å². The van der Waals surface area contributed by atoms with E-state index in [2.05, 4.69) is 4.98 Å². The smallest absolute Gasteiger partial charge is 0.246 e. The van der Waals surface area contributed by atoms with Crippen molar-refractivity contribution in [3.8, 4) is 0 Å². The fraction of sp³-hybridized carbons (Fsp3) is 0.615. The minimum Gasteiger partial charge on any atom is -0.329 e. The summed E-state index contributed by atoms with van der Waals surface area (Å²) in [4.78, 5) is 32.4. The molecule has 2 aliphatic rings. The van der Waals surface area contributed by atoms with Gasteiger partial charge in [-0.15, -0.1) is 11.3 Å². The van der Waals surface area contributed by atoms with E-state index in [0.29, 0.717) is 0 Å². The molecule has 5 nitrogen and oxygen atoms in total. The third kappa shape index (κ3) is 2.14. The number of nitrogens with zero attached hydrogens (tertiary/aromatic N) is 3. The van der Waals surface area contributed by atoms with E-state index < -0.39 is 0 Å². The lowest BCUT2D eigenvalue weighted by molar-refractivity contribution is -0.159. The molecule has 2 unspecified atom stereocenters. The van der Waals surface area contributed by atoms with Gasteiger partial charge in [-0.3, -0.25) is 9.59 Å². The maximum Gasteiger partial charge on any atom is 0.246 e. The van der Waals surface area contributed by atoms with Crippen molar-refractivity contribution in [3.05, 3.63) is 16.6 Å². The Morgan fingerprint density at radius 2 is 2.26 bits per heavy atom. The van der Waals surface area contributed by atoms with E-state index in [1.807, 2.05) is 12.3 Å². The van der Waals surface area contributed by atoms with Crippen LogP contribution in [0.15, 0.2) is 11.6 Å². The normalized spacial score (nSPS) is 25.4. The number of rotatable bonds is 2. The quantitative estimate of drug-likeness (QED) is 0.823. The van der Waals surface area contributed by atoms with Gasteiger partial charge < -0.3 is 9.80 Å². The first-order chi connectivity index (χ1) is 9.18. The van der Waals surface area contributed by atoms with Crippen molar-refractivity contribution < 1.29 is 9.59 Å². The Bertz CT molecular complexity index is 488. The highest BCUT2D eigenvalue weighted by atomic mass is 32.1. The predicted molar refractivity (Wildman–Crippen MR) is 71.6 cm³/mol. The summed E-state index contributed by atoms with van der Waals surface area (Å²) < 4.78 is 0. The van der Waals surface area contributed by atoms with Crippen molar-refractivity contribution in [2.45, 2.75) is 38.3 Å². The van der Waals surface area contributed by atoms with Gasteiger partial charge in [-0.25, -0.2) is 4.98 Å². The van der Waals surface area contributed by atoms with Crippen LogP contribution in [0.5, 0.6) is 0 Å². The number of thiazole rings is 1. The minimum absolute atomic E-state index is 0.0766. The van der Waals surface area contributed by atoms with Gasteiger partial charge in [-0.05, 0) is 26.2 Å². The second kappa shape index (κ2) is 4.92. The molecule has 0 spiro atoms. The third-order valence-corrected chi connectivity index (χ3v) is 4.92. The van der Waals surface area contributed by atoms with Gasteiger partial charge in [-0.2, -0.15) is 0 Å². The molecule has 2 saturated heterocycles. The molecule has 0 aliphatic carbocycles.